The Morgan fingerprint density at radius 3 is 1.95 bits per heavy atom. The number of nitrogens with one attached hydrogen (secondary N) is 1. The molecule has 1 heterocycles. The Morgan fingerprint density at radius 1 is 0.868 bits per heavy atom. The minimum Gasteiger partial charge on any atom is -0.394 e. The number of nitrogens with zero attached hydrogens (tertiary/aromatic N) is 3. The molecular formula is C20H44N8O10. The molecule has 9 atom stereocenters. The monoisotopic (exact) mass is 556 g/mol. The van der Waals surface area contributed by atoms with E-state index in [9.17, 15) is 40.9 Å². The zero-order chi connectivity index (χ0) is 28.8. The number of aliphatic imine (C=N–C) groups is 2. The molecule has 0 saturated carbocycles. The van der Waals surface area contributed by atoms with Gasteiger partial charge in [-0.3, -0.25) is 14.9 Å². The topological polar surface area (TPSA) is 324 Å². The maximum Gasteiger partial charge on any atom is 0.187 e. The first kappa shape index (κ1) is 34.1. The molecule has 18 heteroatoms. The summed E-state index contributed by atoms with van der Waals surface area (Å²) < 4.78 is 10.6. The van der Waals surface area contributed by atoms with Crippen LogP contribution in [0, 0.1) is 0 Å². The highest BCUT2D eigenvalue weighted by atomic mass is 16.7. The summed E-state index contributed by atoms with van der Waals surface area (Å²) in [6.45, 7) is 0.695. The van der Waals surface area contributed by atoms with Crippen molar-refractivity contribution in [3.05, 3.63) is 0 Å². The highest BCUT2D eigenvalue weighted by Crippen LogP contribution is 2.24. The number of ether oxygens (including phenoxy) is 2. The Hall–Kier alpha value is -1.94. The van der Waals surface area contributed by atoms with Crippen LogP contribution in [0.25, 0.3) is 0 Å². The van der Waals surface area contributed by atoms with Gasteiger partial charge < -0.3 is 78.6 Å². The summed E-state index contributed by atoms with van der Waals surface area (Å²) in [4.78, 5) is 9.81. The lowest BCUT2D eigenvalue weighted by atomic mass is 9.98. The van der Waals surface area contributed by atoms with E-state index in [1.54, 1.807) is 0 Å². The van der Waals surface area contributed by atoms with E-state index >= 15 is 0 Å². The van der Waals surface area contributed by atoms with E-state index in [-0.39, 0.29) is 18.5 Å². The van der Waals surface area contributed by atoms with Crippen molar-refractivity contribution >= 4 is 11.9 Å². The molecule has 1 fully saturated rings. The van der Waals surface area contributed by atoms with Crippen LogP contribution in [-0.2, 0) is 9.47 Å². The standard InChI is InChI=1S/C20H44N8O10/c21-19(22)26-2-5-28(6-3-27-20(23)24)4-1-25-7-10(31)13(33)17(11(32)8-29)38-18-16(36)15(35)14(34)12(9-30)37-18/h10-18,25,29-36H,1-9H2,(H4,21,22,26)(H4,23,24,27)/t10?,11?,12?,13?,14-,15-,16?,17?,18-/m0/s1. The molecule has 0 aromatic carbocycles. The van der Waals surface area contributed by atoms with E-state index in [4.69, 9.17) is 32.4 Å². The number of nitrogens with two attached hydrogens (primary N) is 4. The molecule has 18 nitrogen and oxygen atoms in total. The molecule has 1 saturated heterocycles. The first-order valence-corrected chi connectivity index (χ1v) is 12.1. The third-order valence-corrected chi connectivity index (χ3v) is 5.82. The molecule has 0 amide bonds. The largest absolute Gasteiger partial charge is 0.394 e. The van der Waals surface area contributed by atoms with Gasteiger partial charge >= 0.3 is 0 Å². The molecule has 6 unspecified atom stereocenters. The molecule has 17 N–H and O–H groups in total. The van der Waals surface area contributed by atoms with Gasteiger partial charge in [-0.15, -0.1) is 0 Å². The van der Waals surface area contributed by atoms with E-state index in [2.05, 4.69) is 15.3 Å². The van der Waals surface area contributed by atoms with Gasteiger partial charge in [-0.25, -0.2) is 0 Å². The SMILES string of the molecule is NC(N)=NCCN(CCN=C(N)N)CCNCC(O)C(O)C(O[C@@H]1OC(CO)[C@H](O)[C@H](O)C1O)C(O)CO. The Kier molecular flexibility index (Phi) is 15.8. The second kappa shape index (κ2) is 17.6. The summed E-state index contributed by atoms with van der Waals surface area (Å²) >= 11 is 0. The Morgan fingerprint density at radius 2 is 1.45 bits per heavy atom. The highest BCUT2D eigenvalue weighted by molar-refractivity contribution is 5.75. The Bertz CT molecular complexity index is 691. The number of aliphatic hydroxyl groups excluding tert-OH is 8. The zero-order valence-electron chi connectivity index (χ0n) is 21.1. The molecule has 224 valence electrons. The predicted molar refractivity (Wildman–Crippen MR) is 134 cm³/mol. The van der Waals surface area contributed by atoms with Crippen LogP contribution >= 0.6 is 0 Å². The third kappa shape index (κ3) is 11.4. The summed E-state index contributed by atoms with van der Waals surface area (Å²) in [5, 5.41) is 82.8. The van der Waals surface area contributed by atoms with Crippen LogP contribution in [0.1, 0.15) is 0 Å². The Labute approximate surface area is 220 Å². The van der Waals surface area contributed by atoms with E-state index in [0.717, 1.165) is 0 Å². The van der Waals surface area contributed by atoms with E-state index in [1.807, 2.05) is 4.90 Å². The molecule has 0 aromatic rings. The fraction of sp³-hybridized carbons (Fsp3) is 0.900. The lowest BCUT2D eigenvalue weighted by Crippen LogP contribution is -2.61. The summed E-state index contributed by atoms with van der Waals surface area (Å²) in [5.41, 5.74) is 21.4. The van der Waals surface area contributed by atoms with Gasteiger partial charge in [-0.2, -0.15) is 0 Å². The molecule has 0 radical (unpaired) electrons. The van der Waals surface area contributed by atoms with Crippen molar-refractivity contribution in [3.63, 3.8) is 0 Å². The van der Waals surface area contributed by atoms with Crippen LogP contribution in [0.15, 0.2) is 9.98 Å². The number of rotatable bonds is 18. The van der Waals surface area contributed by atoms with E-state index in [0.29, 0.717) is 39.3 Å². The quantitative estimate of drug-likeness (QED) is 0.0423. The normalized spacial score (nSPS) is 26.9. The summed E-state index contributed by atoms with van der Waals surface area (Å²) in [7, 11) is 0. The number of aliphatic hydroxyl groups is 8. The number of guanidine groups is 2. The lowest BCUT2D eigenvalue weighted by Gasteiger charge is -2.42. The summed E-state index contributed by atoms with van der Waals surface area (Å²) in [6, 6.07) is 0. The summed E-state index contributed by atoms with van der Waals surface area (Å²) in [6.07, 6.45) is -14.9. The molecule has 1 aliphatic rings. The van der Waals surface area contributed by atoms with Crippen molar-refractivity contribution in [3.8, 4) is 0 Å². The van der Waals surface area contributed by atoms with E-state index in [1.165, 1.54) is 0 Å². The maximum absolute atomic E-state index is 10.6. The van der Waals surface area contributed by atoms with Crippen LogP contribution in [0.4, 0.5) is 0 Å². The first-order chi connectivity index (χ1) is 17.9. The van der Waals surface area contributed by atoms with Crippen molar-refractivity contribution in [2.75, 3.05) is 59.0 Å². The fourth-order valence-corrected chi connectivity index (χ4v) is 3.64. The molecular weight excluding hydrogens is 512 g/mol. The van der Waals surface area contributed by atoms with Crippen LogP contribution in [0.5, 0.6) is 0 Å². The maximum atomic E-state index is 10.6. The van der Waals surface area contributed by atoms with Crippen molar-refractivity contribution in [1.29, 1.82) is 0 Å². The van der Waals surface area contributed by atoms with Gasteiger partial charge in [0.1, 0.15) is 42.7 Å². The average Bonchev–Trinajstić information content (AvgIpc) is 2.87. The van der Waals surface area contributed by atoms with Gasteiger partial charge in [0.15, 0.2) is 18.2 Å². The minimum atomic E-state index is -1.81. The molecule has 0 bridgehead atoms. The van der Waals surface area contributed by atoms with Crippen LogP contribution in [-0.4, -0.2) is 172 Å². The van der Waals surface area contributed by atoms with Crippen LogP contribution in [0.3, 0.4) is 0 Å². The van der Waals surface area contributed by atoms with Gasteiger partial charge in [0.05, 0.1) is 32.4 Å². The van der Waals surface area contributed by atoms with Crippen molar-refractivity contribution in [1.82, 2.24) is 10.2 Å². The summed E-state index contributed by atoms with van der Waals surface area (Å²) in [5.74, 6) is -0.0927. The van der Waals surface area contributed by atoms with Crippen molar-refractivity contribution in [2.24, 2.45) is 32.9 Å². The van der Waals surface area contributed by atoms with Gasteiger partial charge in [0.25, 0.3) is 0 Å². The first-order valence-electron chi connectivity index (χ1n) is 12.1. The molecule has 1 rings (SSSR count). The number of hydrogen-bond donors (Lipinski definition) is 13. The minimum absolute atomic E-state index is 0.0463. The molecule has 0 aliphatic carbocycles. The van der Waals surface area contributed by atoms with Gasteiger partial charge in [-0.05, 0) is 0 Å². The van der Waals surface area contributed by atoms with E-state index < -0.39 is 68.3 Å². The number of hydrogen-bond acceptors (Lipinski definition) is 14. The third-order valence-electron chi connectivity index (χ3n) is 5.82. The predicted octanol–water partition coefficient (Wildman–Crippen LogP) is -8.32. The van der Waals surface area contributed by atoms with Gasteiger partial charge in [-0.1, -0.05) is 0 Å². The zero-order valence-corrected chi connectivity index (χ0v) is 21.1. The van der Waals surface area contributed by atoms with Crippen molar-refractivity contribution < 1.29 is 50.3 Å². The Balaban J connectivity index is 2.69. The van der Waals surface area contributed by atoms with Gasteiger partial charge in [0.2, 0.25) is 0 Å². The molecule has 38 heavy (non-hydrogen) atoms. The second-order valence-corrected chi connectivity index (χ2v) is 8.76. The average molecular weight is 557 g/mol. The highest BCUT2D eigenvalue weighted by Gasteiger charge is 2.46. The lowest BCUT2D eigenvalue weighted by molar-refractivity contribution is -0.327. The van der Waals surface area contributed by atoms with Crippen molar-refractivity contribution in [2.45, 2.75) is 55.1 Å². The second-order valence-electron chi connectivity index (χ2n) is 8.76. The molecule has 0 spiro atoms. The molecule has 1 aliphatic heterocycles. The van der Waals surface area contributed by atoms with Gasteiger partial charge in [0, 0.05) is 32.7 Å². The smallest absolute Gasteiger partial charge is 0.187 e. The van der Waals surface area contributed by atoms with Crippen LogP contribution < -0.4 is 28.3 Å². The van der Waals surface area contributed by atoms with Crippen LogP contribution in [0.2, 0.25) is 0 Å². The fourth-order valence-electron chi connectivity index (χ4n) is 3.64. The molecule has 0 aromatic heterocycles.